The number of rotatable bonds is 3. The first-order valence-electron chi connectivity index (χ1n) is 6.64. The van der Waals surface area contributed by atoms with E-state index in [2.05, 4.69) is 15.0 Å². The third-order valence-electron chi connectivity index (χ3n) is 3.30. The van der Waals surface area contributed by atoms with Crippen molar-refractivity contribution in [2.75, 3.05) is 14.2 Å². The van der Waals surface area contributed by atoms with Gasteiger partial charge >= 0.3 is 0 Å². The van der Waals surface area contributed by atoms with E-state index in [1.165, 1.54) is 0 Å². The number of halogens is 1. The summed E-state index contributed by atoms with van der Waals surface area (Å²) in [5.41, 5.74) is 2.74. The van der Waals surface area contributed by atoms with Gasteiger partial charge in [-0.2, -0.15) is 0 Å². The van der Waals surface area contributed by atoms with Crippen LogP contribution in [0.1, 0.15) is 5.69 Å². The van der Waals surface area contributed by atoms with Crippen molar-refractivity contribution in [1.29, 1.82) is 0 Å². The number of ether oxygens (including phenoxy) is 2. The van der Waals surface area contributed by atoms with Crippen LogP contribution < -0.4 is 9.47 Å². The Kier molecular flexibility index (Phi) is 3.81. The lowest BCUT2D eigenvalue weighted by Crippen LogP contribution is -1.96. The Morgan fingerprint density at radius 3 is 2.41 bits per heavy atom. The maximum atomic E-state index is 6.38. The minimum absolute atomic E-state index is 0.445. The second kappa shape index (κ2) is 5.77. The van der Waals surface area contributed by atoms with Crippen LogP contribution in [0.3, 0.4) is 0 Å². The lowest BCUT2D eigenvalue weighted by atomic mass is 10.1. The van der Waals surface area contributed by atoms with Gasteiger partial charge < -0.3 is 9.47 Å². The second-order valence-corrected chi connectivity index (χ2v) is 5.11. The molecule has 0 aliphatic heterocycles. The molecule has 0 spiro atoms. The molecule has 0 bridgehead atoms. The number of methoxy groups -OCH3 is 2. The van der Waals surface area contributed by atoms with Crippen molar-refractivity contribution >= 4 is 22.5 Å². The lowest BCUT2D eigenvalue weighted by Gasteiger charge is -2.11. The number of pyridine rings is 1. The second-order valence-electron chi connectivity index (χ2n) is 4.73. The molecule has 3 aromatic rings. The molecule has 6 heteroatoms. The third kappa shape index (κ3) is 2.44. The van der Waals surface area contributed by atoms with Gasteiger partial charge in [-0.1, -0.05) is 11.6 Å². The van der Waals surface area contributed by atoms with Crippen LogP contribution in [0.5, 0.6) is 11.5 Å². The van der Waals surface area contributed by atoms with Crippen molar-refractivity contribution in [2.24, 2.45) is 0 Å². The molecule has 5 nitrogen and oxygen atoms in total. The Morgan fingerprint density at radius 2 is 1.73 bits per heavy atom. The van der Waals surface area contributed by atoms with Crippen LogP contribution in [0.15, 0.2) is 30.6 Å². The smallest absolute Gasteiger partial charge is 0.139 e. The summed E-state index contributed by atoms with van der Waals surface area (Å²) in [4.78, 5) is 13.2. The highest BCUT2D eigenvalue weighted by molar-refractivity contribution is 6.36. The van der Waals surface area contributed by atoms with Crippen LogP contribution in [-0.2, 0) is 0 Å². The van der Waals surface area contributed by atoms with Gasteiger partial charge in [0.05, 0.1) is 37.3 Å². The molecule has 3 rings (SSSR count). The zero-order valence-corrected chi connectivity index (χ0v) is 13.2. The summed E-state index contributed by atoms with van der Waals surface area (Å²) >= 11 is 6.38. The first-order chi connectivity index (χ1) is 10.6. The molecule has 0 unspecified atom stereocenters. The predicted octanol–water partition coefficient (Wildman–Crippen LogP) is 3.67. The Labute approximate surface area is 132 Å². The number of nitrogens with zero attached hydrogens (tertiary/aromatic N) is 3. The Morgan fingerprint density at radius 1 is 0.955 bits per heavy atom. The molecule has 0 radical (unpaired) electrons. The molecule has 112 valence electrons. The number of benzene rings is 1. The summed E-state index contributed by atoms with van der Waals surface area (Å²) in [5.74, 6) is 1.24. The molecule has 0 atom stereocenters. The van der Waals surface area contributed by atoms with Gasteiger partial charge in [0.1, 0.15) is 22.2 Å². The van der Waals surface area contributed by atoms with E-state index in [-0.39, 0.29) is 0 Å². The number of fused-ring (bicyclic) bond motifs is 1. The largest absolute Gasteiger partial charge is 0.496 e. The Hall–Kier alpha value is -2.40. The van der Waals surface area contributed by atoms with Crippen molar-refractivity contribution in [3.05, 3.63) is 41.3 Å². The minimum Gasteiger partial charge on any atom is -0.496 e. The van der Waals surface area contributed by atoms with Gasteiger partial charge in [0, 0.05) is 17.6 Å². The quantitative estimate of drug-likeness (QED) is 0.738. The summed E-state index contributed by atoms with van der Waals surface area (Å²) < 4.78 is 10.7. The lowest BCUT2D eigenvalue weighted by molar-refractivity contribution is 0.414. The molecule has 2 heterocycles. The Balaban J connectivity index is 2.31. The number of aromatic nitrogens is 3. The zero-order valence-electron chi connectivity index (χ0n) is 12.4. The maximum absolute atomic E-state index is 6.38. The number of aryl methyl sites for hydroxylation is 1. The van der Waals surface area contributed by atoms with E-state index in [0.29, 0.717) is 33.4 Å². The zero-order chi connectivity index (χ0) is 15.7. The van der Waals surface area contributed by atoms with Crippen LogP contribution in [0, 0.1) is 6.92 Å². The Bertz CT molecular complexity index is 852. The van der Waals surface area contributed by atoms with Crippen molar-refractivity contribution in [3.8, 4) is 22.9 Å². The van der Waals surface area contributed by atoms with Crippen molar-refractivity contribution < 1.29 is 9.47 Å². The van der Waals surface area contributed by atoms with Crippen LogP contribution in [-0.4, -0.2) is 29.2 Å². The fourth-order valence-electron chi connectivity index (χ4n) is 2.25. The van der Waals surface area contributed by atoms with E-state index in [9.17, 15) is 0 Å². The van der Waals surface area contributed by atoms with E-state index < -0.39 is 0 Å². The first-order valence-corrected chi connectivity index (χ1v) is 7.02. The van der Waals surface area contributed by atoms with Gasteiger partial charge in [0.15, 0.2) is 0 Å². The first kappa shape index (κ1) is 14.5. The van der Waals surface area contributed by atoms with Crippen molar-refractivity contribution in [3.63, 3.8) is 0 Å². The van der Waals surface area contributed by atoms with E-state index >= 15 is 0 Å². The number of hydrogen-bond donors (Lipinski definition) is 0. The summed E-state index contributed by atoms with van der Waals surface area (Å²) in [6.45, 7) is 1.88. The predicted molar refractivity (Wildman–Crippen MR) is 85.6 cm³/mol. The summed E-state index contributed by atoms with van der Waals surface area (Å²) in [5, 5.41) is 1.26. The fourth-order valence-corrected chi connectivity index (χ4v) is 2.54. The van der Waals surface area contributed by atoms with Gasteiger partial charge in [0.25, 0.3) is 0 Å². The summed E-state index contributed by atoms with van der Waals surface area (Å²) in [7, 11) is 3.18. The summed E-state index contributed by atoms with van der Waals surface area (Å²) in [6.07, 6.45) is 3.35. The van der Waals surface area contributed by atoms with E-state index in [1.54, 1.807) is 32.7 Å². The van der Waals surface area contributed by atoms with Crippen LogP contribution >= 0.6 is 11.6 Å². The third-order valence-corrected chi connectivity index (χ3v) is 3.67. The van der Waals surface area contributed by atoms with Crippen LogP contribution in [0.25, 0.3) is 22.3 Å². The van der Waals surface area contributed by atoms with Gasteiger partial charge in [0.2, 0.25) is 0 Å². The molecular formula is C16H14ClN3O2. The molecule has 0 fully saturated rings. The topological polar surface area (TPSA) is 57.1 Å². The van der Waals surface area contributed by atoms with Crippen LogP contribution in [0.2, 0.25) is 5.02 Å². The number of hydrogen-bond acceptors (Lipinski definition) is 5. The maximum Gasteiger partial charge on any atom is 0.139 e. The molecule has 2 aromatic heterocycles. The SMILES string of the molecule is COc1ccc2c(OC)cc(-c3cncc(C)n3)nc2c1Cl. The highest BCUT2D eigenvalue weighted by atomic mass is 35.5. The average Bonchev–Trinajstić information content (AvgIpc) is 2.54. The highest BCUT2D eigenvalue weighted by Gasteiger charge is 2.14. The van der Waals surface area contributed by atoms with Gasteiger partial charge in [-0.05, 0) is 19.1 Å². The van der Waals surface area contributed by atoms with Gasteiger partial charge in [-0.15, -0.1) is 0 Å². The average molecular weight is 316 g/mol. The van der Waals surface area contributed by atoms with Crippen molar-refractivity contribution in [2.45, 2.75) is 6.92 Å². The molecule has 0 saturated carbocycles. The molecular weight excluding hydrogens is 302 g/mol. The normalized spacial score (nSPS) is 10.7. The monoisotopic (exact) mass is 315 g/mol. The van der Waals surface area contributed by atoms with Crippen molar-refractivity contribution in [1.82, 2.24) is 15.0 Å². The van der Waals surface area contributed by atoms with E-state index in [0.717, 1.165) is 11.1 Å². The highest BCUT2D eigenvalue weighted by Crippen LogP contribution is 2.37. The molecule has 0 aliphatic rings. The molecule has 22 heavy (non-hydrogen) atoms. The minimum atomic E-state index is 0.445. The van der Waals surface area contributed by atoms with Gasteiger partial charge in [-0.25, -0.2) is 9.97 Å². The molecule has 0 amide bonds. The molecule has 0 aliphatic carbocycles. The fraction of sp³-hybridized carbons (Fsp3) is 0.188. The van der Waals surface area contributed by atoms with Crippen LogP contribution in [0.4, 0.5) is 0 Å². The van der Waals surface area contributed by atoms with E-state index in [4.69, 9.17) is 21.1 Å². The molecule has 0 N–H and O–H groups in total. The molecule has 1 aromatic carbocycles. The summed E-state index contributed by atoms with van der Waals surface area (Å²) in [6, 6.07) is 5.49. The van der Waals surface area contributed by atoms with E-state index in [1.807, 2.05) is 19.1 Å². The molecule has 0 saturated heterocycles. The standard InChI is InChI=1S/C16H14ClN3O2/c1-9-7-18-8-12(19-9)11-6-14(22-3)10-4-5-13(21-2)15(17)16(10)20-11/h4-8H,1-3H3. The van der Waals surface area contributed by atoms with Gasteiger partial charge in [-0.3, -0.25) is 4.98 Å².